The molecule has 1 aromatic rings. The number of benzene rings is 1. The van der Waals surface area contributed by atoms with Crippen molar-refractivity contribution in [1.82, 2.24) is 0 Å². The van der Waals surface area contributed by atoms with Crippen molar-refractivity contribution in [2.45, 2.75) is 51.9 Å². The molecule has 2 N–H and O–H groups in total. The van der Waals surface area contributed by atoms with Crippen LogP contribution in [0.25, 0.3) is 0 Å². The number of rotatable bonds is 9. The molecule has 0 amide bonds. The van der Waals surface area contributed by atoms with E-state index in [2.05, 4.69) is 6.92 Å². The molecule has 1 rings (SSSR count). The number of esters is 1. The Balaban J connectivity index is 2.19. The fourth-order valence-electron chi connectivity index (χ4n) is 2.01. The molecule has 0 aliphatic rings. The third kappa shape index (κ3) is 5.83. The number of carbonyl (C=O) groups excluding carboxylic acids is 1. The van der Waals surface area contributed by atoms with Crippen LogP contribution in [0.3, 0.4) is 0 Å². The van der Waals surface area contributed by atoms with Crippen molar-refractivity contribution in [1.29, 1.82) is 0 Å². The van der Waals surface area contributed by atoms with Gasteiger partial charge in [0.15, 0.2) is 0 Å². The van der Waals surface area contributed by atoms with E-state index in [0.29, 0.717) is 17.9 Å². The number of nitrogen functional groups attached to an aromatic ring is 1. The van der Waals surface area contributed by atoms with Crippen LogP contribution < -0.4 is 5.73 Å². The zero-order chi connectivity index (χ0) is 14.8. The van der Waals surface area contributed by atoms with E-state index in [1.54, 1.807) is 18.2 Å². The molecule has 0 aromatic heterocycles. The van der Waals surface area contributed by atoms with Crippen molar-refractivity contribution in [3.05, 3.63) is 28.8 Å². The van der Waals surface area contributed by atoms with Crippen LogP contribution in [0.2, 0.25) is 5.02 Å². The lowest BCUT2D eigenvalue weighted by atomic mass is 10.1. The van der Waals surface area contributed by atoms with E-state index >= 15 is 0 Å². The van der Waals surface area contributed by atoms with Gasteiger partial charge in [0.2, 0.25) is 0 Å². The van der Waals surface area contributed by atoms with Crippen LogP contribution >= 0.6 is 11.6 Å². The third-order valence-corrected chi connectivity index (χ3v) is 3.65. The van der Waals surface area contributed by atoms with Crippen molar-refractivity contribution in [2.24, 2.45) is 0 Å². The van der Waals surface area contributed by atoms with Gasteiger partial charge in [-0.05, 0) is 18.6 Å². The highest BCUT2D eigenvalue weighted by molar-refractivity contribution is 6.36. The third-order valence-electron chi connectivity index (χ3n) is 3.23. The first kappa shape index (κ1) is 16.8. The summed E-state index contributed by atoms with van der Waals surface area (Å²) in [6, 6.07) is 4.99. The smallest absolute Gasteiger partial charge is 0.339 e. The van der Waals surface area contributed by atoms with Gasteiger partial charge in [-0.15, -0.1) is 0 Å². The highest BCUT2D eigenvalue weighted by Gasteiger charge is 2.13. The summed E-state index contributed by atoms with van der Waals surface area (Å²) in [6.45, 7) is 2.65. The summed E-state index contributed by atoms with van der Waals surface area (Å²) >= 11 is 5.97. The van der Waals surface area contributed by atoms with E-state index in [9.17, 15) is 4.79 Å². The highest BCUT2D eigenvalue weighted by Crippen LogP contribution is 2.23. The number of anilines is 1. The monoisotopic (exact) mass is 297 g/mol. The van der Waals surface area contributed by atoms with Crippen LogP contribution in [0.1, 0.15) is 62.2 Å². The van der Waals surface area contributed by atoms with Gasteiger partial charge in [-0.2, -0.15) is 0 Å². The van der Waals surface area contributed by atoms with Crippen LogP contribution in [0.4, 0.5) is 5.69 Å². The second kappa shape index (κ2) is 9.65. The Morgan fingerprint density at radius 3 is 2.50 bits per heavy atom. The van der Waals surface area contributed by atoms with Crippen LogP contribution in [0.5, 0.6) is 0 Å². The second-order valence-electron chi connectivity index (χ2n) is 4.97. The minimum absolute atomic E-state index is 0.275. The van der Waals surface area contributed by atoms with Gasteiger partial charge in [-0.25, -0.2) is 4.79 Å². The molecule has 0 fully saturated rings. The molecule has 0 saturated heterocycles. The topological polar surface area (TPSA) is 52.3 Å². The van der Waals surface area contributed by atoms with Gasteiger partial charge in [0.25, 0.3) is 0 Å². The van der Waals surface area contributed by atoms with Gasteiger partial charge in [-0.1, -0.05) is 63.1 Å². The van der Waals surface area contributed by atoms with Gasteiger partial charge in [0.05, 0.1) is 22.9 Å². The molecule has 1 aromatic carbocycles. The summed E-state index contributed by atoms with van der Waals surface area (Å²) < 4.78 is 5.21. The molecule has 4 heteroatoms. The molecule has 20 heavy (non-hydrogen) atoms. The molecule has 3 nitrogen and oxygen atoms in total. The Morgan fingerprint density at radius 2 is 1.80 bits per heavy atom. The predicted molar refractivity (Wildman–Crippen MR) is 84.1 cm³/mol. The maximum atomic E-state index is 11.8. The Hall–Kier alpha value is -1.22. The summed E-state index contributed by atoms with van der Waals surface area (Å²) in [7, 11) is 0. The Kier molecular flexibility index (Phi) is 8.12. The van der Waals surface area contributed by atoms with Crippen molar-refractivity contribution in [3.8, 4) is 0 Å². The molecular weight excluding hydrogens is 274 g/mol. The van der Waals surface area contributed by atoms with Gasteiger partial charge in [0, 0.05) is 0 Å². The first-order valence-corrected chi connectivity index (χ1v) is 7.75. The van der Waals surface area contributed by atoms with Gasteiger partial charge < -0.3 is 10.5 Å². The van der Waals surface area contributed by atoms with Crippen molar-refractivity contribution in [3.63, 3.8) is 0 Å². The predicted octanol–water partition coefficient (Wildman–Crippen LogP) is 4.83. The maximum absolute atomic E-state index is 11.8. The molecule has 0 atom stereocenters. The first-order chi connectivity index (χ1) is 9.66. The minimum atomic E-state index is -0.395. The van der Waals surface area contributed by atoms with Gasteiger partial charge >= 0.3 is 5.97 Å². The summed E-state index contributed by atoms with van der Waals surface area (Å²) in [5.74, 6) is -0.395. The number of hydrogen-bond donors (Lipinski definition) is 1. The molecule has 0 unspecified atom stereocenters. The van der Waals surface area contributed by atoms with Crippen LogP contribution in [-0.2, 0) is 4.74 Å². The van der Waals surface area contributed by atoms with Crippen molar-refractivity contribution < 1.29 is 9.53 Å². The lowest BCUT2D eigenvalue weighted by Gasteiger charge is -2.07. The van der Waals surface area contributed by atoms with Gasteiger partial charge in [-0.3, -0.25) is 0 Å². The second-order valence-corrected chi connectivity index (χ2v) is 5.34. The summed E-state index contributed by atoms with van der Waals surface area (Å²) in [6.07, 6.45) is 8.34. The first-order valence-electron chi connectivity index (χ1n) is 7.38. The number of halogens is 1. The molecule has 0 saturated carbocycles. The number of carbonyl (C=O) groups is 1. The van der Waals surface area contributed by atoms with Crippen LogP contribution in [-0.4, -0.2) is 12.6 Å². The number of hydrogen-bond acceptors (Lipinski definition) is 3. The maximum Gasteiger partial charge on any atom is 0.339 e. The standard InChI is InChI=1S/C16H24ClNO2/c1-2-3-4-5-6-7-8-12-20-16(19)13-10-9-11-14(18)15(13)17/h9-11H,2-8,12,18H2,1H3. The highest BCUT2D eigenvalue weighted by atomic mass is 35.5. The van der Waals surface area contributed by atoms with Crippen molar-refractivity contribution >= 4 is 23.3 Å². The molecular formula is C16H24ClNO2. The molecule has 0 aliphatic heterocycles. The fraction of sp³-hybridized carbons (Fsp3) is 0.562. The molecule has 0 spiro atoms. The van der Waals surface area contributed by atoms with E-state index in [-0.39, 0.29) is 5.02 Å². The lowest BCUT2D eigenvalue weighted by Crippen LogP contribution is -2.08. The van der Waals surface area contributed by atoms with Crippen LogP contribution in [0.15, 0.2) is 18.2 Å². The van der Waals surface area contributed by atoms with E-state index in [0.717, 1.165) is 12.8 Å². The Bertz CT molecular complexity index is 421. The minimum Gasteiger partial charge on any atom is -0.462 e. The van der Waals surface area contributed by atoms with E-state index in [1.807, 2.05) is 0 Å². The summed E-state index contributed by atoms with van der Waals surface area (Å²) in [4.78, 5) is 11.8. The average molecular weight is 298 g/mol. The van der Waals surface area contributed by atoms with Gasteiger partial charge in [0.1, 0.15) is 0 Å². The van der Waals surface area contributed by atoms with Crippen LogP contribution in [0, 0.1) is 0 Å². The van der Waals surface area contributed by atoms with E-state index < -0.39 is 5.97 Å². The summed E-state index contributed by atoms with van der Waals surface area (Å²) in [5.41, 5.74) is 6.40. The molecule has 112 valence electrons. The largest absolute Gasteiger partial charge is 0.462 e. The van der Waals surface area contributed by atoms with E-state index in [4.69, 9.17) is 22.1 Å². The fourth-order valence-corrected chi connectivity index (χ4v) is 2.21. The molecule has 0 heterocycles. The SMILES string of the molecule is CCCCCCCCCOC(=O)c1cccc(N)c1Cl. The molecule has 0 radical (unpaired) electrons. The van der Waals surface area contributed by atoms with Crippen molar-refractivity contribution in [2.75, 3.05) is 12.3 Å². The molecule has 0 aliphatic carbocycles. The van der Waals surface area contributed by atoms with E-state index in [1.165, 1.54) is 32.1 Å². The number of nitrogens with two attached hydrogens (primary N) is 1. The number of unbranched alkanes of at least 4 members (excludes halogenated alkanes) is 6. The molecule has 0 bridgehead atoms. The lowest BCUT2D eigenvalue weighted by molar-refractivity contribution is 0.0498. The average Bonchev–Trinajstić information content (AvgIpc) is 2.44. The summed E-state index contributed by atoms with van der Waals surface area (Å²) in [5, 5.41) is 0.275. The zero-order valence-electron chi connectivity index (χ0n) is 12.2. The normalized spacial score (nSPS) is 10.5. The quantitative estimate of drug-likeness (QED) is 0.403. The number of ether oxygens (including phenoxy) is 1. The Morgan fingerprint density at radius 1 is 1.15 bits per heavy atom. The Labute approximate surface area is 126 Å². The zero-order valence-corrected chi connectivity index (χ0v) is 12.9.